The fraction of sp³-hybridized carbons (Fsp3) is 0.750. The molecule has 7 nitrogen and oxygen atoms in total. The molecule has 2 aliphatic rings. The van der Waals surface area contributed by atoms with Crippen LogP contribution < -0.4 is 5.56 Å². The SMILES string of the molecule is Cc1cc(=O)n(CC(=O)N2CCC([C@@H](C)N3CCN(C)CC3)CC2)nc1C. The van der Waals surface area contributed by atoms with E-state index in [-0.39, 0.29) is 18.0 Å². The van der Waals surface area contributed by atoms with Gasteiger partial charge in [-0.1, -0.05) is 0 Å². The van der Waals surface area contributed by atoms with Gasteiger partial charge in [-0.3, -0.25) is 14.5 Å². The Labute approximate surface area is 161 Å². The van der Waals surface area contributed by atoms with Crippen molar-refractivity contribution in [3.63, 3.8) is 0 Å². The Kier molecular flexibility index (Phi) is 6.32. The van der Waals surface area contributed by atoms with Crippen LogP contribution in [0.25, 0.3) is 0 Å². The van der Waals surface area contributed by atoms with Crippen LogP contribution >= 0.6 is 0 Å². The Morgan fingerprint density at radius 3 is 2.41 bits per heavy atom. The molecular formula is C20H33N5O2. The first-order chi connectivity index (χ1) is 12.8. The largest absolute Gasteiger partial charge is 0.341 e. The number of likely N-dealkylation sites (N-methyl/N-ethyl adjacent to an activating group) is 1. The fourth-order valence-corrected chi connectivity index (χ4v) is 4.17. The molecule has 0 radical (unpaired) electrons. The van der Waals surface area contributed by atoms with Gasteiger partial charge in [0, 0.05) is 51.4 Å². The molecule has 0 bridgehead atoms. The number of hydrogen-bond donors (Lipinski definition) is 0. The van der Waals surface area contributed by atoms with E-state index in [1.54, 1.807) is 6.07 Å². The Morgan fingerprint density at radius 1 is 1.15 bits per heavy atom. The molecule has 3 heterocycles. The zero-order chi connectivity index (χ0) is 19.6. The number of hydrogen-bond acceptors (Lipinski definition) is 5. The Morgan fingerprint density at radius 2 is 1.78 bits per heavy atom. The molecule has 1 aromatic rings. The number of rotatable bonds is 4. The number of aromatic nitrogens is 2. The quantitative estimate of drug-likeness (QED) is 0.777. The van der Waals surface area contributed by atoms with Crippen molar-refractivity contribution in [2.45, 2.75) is 46.2 Å². The number of amides is 1. The molecule has 3 rings (SSSR count). The number of piperazine rings is 1. The lowest BCUT2D eigenvalue weighted by atomic mass is 9.89. The minimum absolute atomic E-state index is 0.00134. The summed E-state index contributed by atoms with van der Waals surface area (Å²) in [5.41, 5.74) is 1.45. The average molecular weight is 376 g/mol. The lowest BCUT2D eigenvalue weighted by molar-refractivity contribution is -0.133. The second kappa shape index (κ2) is 8.52. The molecule has 0 unspecified atom stereocenters. The summed E-state index contributed by atoms with van der Waals surface area (Å²) in [5.74, 6) is 0.637. The number of aryl methyl sites for hydroxylation is 2. The molecule has 0 spiro atoms. The highest BCUT2D eigenvalue weighted by Crippen LogP contribution is 2.25. The standard InChI is InChI=1S/C20H33N5O2/c1-15-13-19(26)25(21-16(15)2)14-20(27)24-7-5-18(6-8-24)17(3)23-11-9-22(4)10-12-23/h13,17-18H,5-12,14H2,1-4H3/t17-/m1/s1. The number of nitrogens with zero attached hydrogens (tertiary/aromatic N) is 5. The van der Waals surface area contributed by atoms with Crippen molar-refractivity contribution >= 4 is 5.91 Å². The summed E-state index contributed by atoms with van der Waals surface area (Å²) < 4.78 is 1.30. The van der Waals surface area contributed by atoms with Gasteiger partial charge in [-0.2, -0.15) is 5.10 Å². The molecule has 1 atom stereocenters. The Bertz CT molecular complexity index is 716. The van der Waals surface area contributed by atoms with Gasteiger partial charge in [0.05, 0.1) is 5.69 Å². The molecule has 1 aromatic heterocycles. The van der Waals surface area contributed by atoms with Crippen molar-refractivity contribution in [1.29, 1.82) is 0 Å². The van der Waals surface area contributed by atoms with Gasteiger partial charge in [0.25, 0.3) is 5.56 Å². The van der Waals surface area contributed by atoms with E-state index < -0.39 is 0 Å². The Hall–Kier alpha value is -1.73. The van der Waals surface area contributed by atoms with Crippen molar-refractivity contribution < 1.29 is 4.79 Å². The van der Waals surface area contributed by atoms with Crippen LogP contribution in [0.2, 0.25) is 0 Å². The second-order valence-corrected chi connectivity index (χ2v) is 8.21. The molecule has 1 amide bonds. The van der Waals surface area contributed by atoms with Gasteiger partial charge < -0.3 is 9.80 Å². The molecule has 0 N–H and O–H groups in total. The monoisotopic (exact) mass is 375 g/mol. The van der Waals surface area contributed by atoms with Gasteiger partial charge >= 0.3 is 0 Å². The predicted octanol–water partition coefficient (Wildman–Crippen LogP) is 0.735. The van der Waals surface area contributed by atoms with Crippen molar-refractivity contribution in [3.05, 3.63) is 27.7 Å². The maximum Gasteiger partial charge on any atom is 0.267 e. The minimum atomic E-state index is -0.204. The first-order valence-electron chi connectivity index (χ1n) is 10.1. The van der Waals surface area contributed by atoms with Crippen molar-refractivity contribution in [2.24, 2.45) is 5.92 Å². The molecule has 150 valence electrons. The second-order valence-electron chi connectivity index (χ2n) is 8.21. The summed E-state index contributed by atoms with van der Waals surface area (Å²) in [6, 6.07) is 2.12. The van der Waals surface area contributed by atoms with E-state index in [4.69, 9.17) is 0 Å². The molecule has 27 heavy (non-hydrogen) atoms. The number of likely N-dealkylation sites (tertiary alicyclic amines) is 1. The van der Waals surface area contributed by atoms with Gasteiger partial charge in [-0.05, 0) is 52.1 Å². The highest BCUT2D eigenvalue weighted by Gasteiger charge is 2.30. The summed E-state index contributed by atoms with van der Waals surface area (Å²) in [7, 11) is 2.18. The summed E-state index contributed by atoms with van der Waals surface area (Å²) in [6.45, 7) is 12.2. The van der Waals surface area contributed by atoms with E-state index in [9.17, 15) is 9.59 Å². The number of carbonyl (C=O) groups is 1. The zero-order valence-corrected chi connectivity index (χ0v) is 17.1. The molecule has 2 saturated heterocycles. The fourth-order valence-electron chi connectivity index (χ4n) is 4.17. The Balaban J connectivity index is 1.52. The van der Waals surface area contributed by atoms with Crippen LogP contribution in [-0.4, -0.2) is 82.7 Å². The van der Waals surface area contributed by atoms with Gasteiger partial charge in [-0.25, -0.2) is 4.68 Å². The first-order valence-corrected chi connectivity index (χ1v) is 10.1. The topological polar surface area (TPSA) is 61.7 Å². The van der Waals surface area contributed by atoms with Crippen LogP contribution in [0, 0.1) is 19.8 Å². The molecule has 0 aromatic carbocycles. The van der Waals surface area contributed by atoms with Crippen LogP contribution in [0.5, 0.6) is 0 Å². The molecular weight excluding hydrogens is 342 g/mol. The lowest BCUT2D eigenvalue weighted by Gasteiger charge is -2.42. The third-order valence-electron chi connectivity index (χ3n) is 6.41. The molecule has 7 heteroatoms. The molecule has 0 saturated carbocycles. The van der Waals surface area contributed by atoms with E-state index >= 15 is 0 Å². The maximum atomic E-state index is 12.6. The predicted molar refractivity (Wildman–Crippen MR) is 106 cm³/mol. The van der Waals surface area contributed by atoms with E-state index in [0.717, 1.165) is 63.4 Å². The van der Waals surface area contributed by atoms with Crippen molar-refractivity contribution in [1.82, 2.24) is 24.5 Å². The average Bonchev–Trinajstić information content (AvgIpc) is 2.66. The molecule has 2 aliphatic heterocycles. The van der Waals surface area contributed by atoms with Crippen LogP contribution in [0.3, 0.4) is 0 Å². The zero-order valence-electron chi connectivity index (χ0n) is 17.1. The first kappa shape index (κ1) is 20.0. The summed E-state index contributed by atoms with van der Waals surface area (Å²) >= 11 is 0. The van der Waals surface area contributed by atoms with Crippen LogP contribution in [0.15, 0.2) is 10.9 Å². The van der Waals surface area contributed by atoms with Crippen LogP contribution in [0.4, 0.5) is 0 Å². The molecule has 2 fully saturated rings. The maximum absolute atomic E-state index is 12.6. The molecule has 0 aliphatic carbocycles. The van der Waals surface area contributed by atoms with Crippen LogP contribution in [-0.2, 0) is 11.3 Å². The lowest BCUT2D eigenvalue weighted by Crippen LogP contribution is -2.52. The summed E-state index contributed by atoms with van der Waals surface area (Å²) in [4.78, 5) is 31.6. The van der Waals surface area contributed by atoms with Gasteiger partial charge in [0.2, 0.25) is 5.91 Å². The van der Waals surface area contributed by atoms with Crippen LogP contribution in [0.1, 0.15) is 31.0 Å². The van der Waals surface area contributed by atoms with Gasteiger partial charge in [-0.15, -0.1) is 0 Å². The van der Waals surface area contributed by atoms with Crippen molar-refractivity contribution in [3.8, 4) is 0 Å². The van der Waals surface area contributed by atoms with E-state index in [1.165, 1.54) is 4.68 Å². The van der Waals surface area contributed by atoms with Gasteiger partial charge in [0.1, 0.15) is 6.54 Å². The highest BCUT2D eigenvalue weighted by atomic mass is 16.2. The summed E-state index contributed by atoms with van der Waals surface area (Å²) in [6.07, 6.45) is 2.07. The van der Waals surface area contributed by atoms with E-state index in [0.29, 0.717) is 12.0 Å². The minimum Gasteiger partial charge on any atom is -0.341 e. The normalized spacial score (nSPS) is 21.4. The van der Waals surface area contributed by atoms with Gasteiger partial charge in [0.15, 0.2) is 0 Å². The van der Waals surface area contributed by atoms with E-state index in [1.807, 2.05) is 18.7 Å². The number of piperidine rings is 1. The summed E-state index contributed by atoms with van der Waals surface area (Å²) in [5, 5.41) is 4.26. The third kappa shape index (κ3) is 4.76. The highest BCUT2D eigenvalue weighted by molar-refractivity contribution is 5.76. The smallest absolute Gasteiger partial charge is 0.267 e. The van der Waals surface area contributed by atoms with Crippen molar-refractivity contribution in [2.75, 3.05) is 46.3 Å². The van der Waals surface area contributed by atoms with E-state index in [2.05, 4.69) is 28.9 Å². The third-order valence-corrected chi connectivity index (χ3v) is 6.41. The number of carbonyl (C=O) groups excluding carboxylic acids is 1.